The van der Waals surface area contributed by atoms with Crippen LogP contribution in [0.15, 0.2) is 21.4 Å². The zero-order valence-corrected chi connectivity index (χ0v) is 10.8. The lowest BCUT2D eigenvalue weighted by atomic mass is 10.0. The molecule has 1 aromatic carbocycles. The van der Waals surface area contributed by atoms with Crippen molar-refractivity contribution >= 4 is 27.0 Å². The molecular weight excluding hydrogens is 284 g/mol. The van der Waals surface area contributed by atoms with Gasteiger partial charge in [0.25, 0.3) is 0 Å². The number of rotatable bonds is 3. The van der Waals surface area contributed by atoms with E-state index < -0.39 is 6.10 Å². The maximum Gasteiger partial charge on any atom is 0.323 e. The highest BCUT2D eigenvalue weighted by atomic mass is 79.9. The lowest BCUT2D eigenvalue weighted by Gasteiger charge is -2.12. The molecule has 90 valence electrons. The number of imidazole rings is 1. The number of hydrogen-bond donors (Lipinski definition) is 3. The van der Waals surface area contributed by atoms with E-state index in [1.54, 1.807) is 0 Å². The molecular formula is C12H13BrN2O2. The molecule has 5 heteroatoms. The van der Waals surface area contributed by atoms with E-state index >= 15 is 0 Å². The van der Waals surface area contributed by atoms with Crippen LogP contribution in [0.25, 0.3) is 11.0 Å². The standard InChI is InChI=1S/C12H13BrN2O2/c13-8-5-10-9(14-12(17)15-10)4-7(8)11(16)3-6-1-2-6/h4-6,11,16H,1-3H2,(H2,14,15,17). The molecule has 1 heterocycles. The van der Waals surface area contributed by atoms with E-state index in [1.807, 2.05) is 12.1 Å². The van der Waals surface area contributed by atoms with E-state index in [1.165, 1.54) is 12.8 Å². The molecule has 0 radical (unpaired) electrons. The summed E-state index contributed by atoms with van der Waals surface area (Å²) >= 11 is 3.44. The molecule has 0 saturated heterocycles. The Kier molecular flexibility index (Phi) is 2.60. The smallest absolute Gasteiger partial charge is 0.323 e. The summed E-state index contributed by atoms with van der Waals surface area (Å²) in [5.41, 5.74) is 2.12. The van der Waals surface area contributed by atoms with Crippen LogP contribution in [-0.4, -0.2) is 15.1 Å². The molecule has 1 aliphatic carbocycles. The average molecular weight is 297 g/mol. The second-order valence-corrected chi connectivity index (χ2v) is 5.55. The fourth-order valence-electron chi connectivity index (χ4n) is 2.12. The highest BCUT2D eigenvalue weighted by Gasteiger charge is 2.26. The molecule has 0 bridgehead atoms. The second kappa shape index (κ2) is 3.99. The van der Waals surface area contributed by atoms with Crippen LogP contribution in [0.4, 0.5) is 0 Å². The number of H-pyrrole nitrogens is 2. The molecule has 1 atom stereocenters. The van der Waals surface area contributed by atoms with Crippen molar-refractivity contribution in [3.8, 4) is 0 Å². The van der Waals surface area contributed by atoms with Gasteiger partial charge in [-0.3, -0.25) is 0 Å². The van der Waals surface area contributed by atoms with Crippen molar-refractivity contribution in [1.29, 1.82) is 0 Å². The van der Waals surface area contributed by atoms with Crippen molar-refractivity contribution in [2.24, 2.45) is 5.92 Å². The van der Waals surface area contributed by atoms with Crippen LogP contribution in [0.3, 0.4) is 0 Å². The van der Waals surface area contributed by atoms with Gasteiger partial charge in [0.15, 0.2) is 0 Å². The molecule has 0 aliphatic heterocycles. The Hall–Kier alpha value is -1.07. The van der Waals surface area contributed by atoms with Crippen LogP contribution in [0.1, 0.15) is 30.9 Å². The van der Waals surface area contributed by atoms with Crippen LogP contribution < -0.4 is 5.69 Å². The molecule has 0 amide bonds. The number of nitrogens with one attached hydrogen (secondary N) is 2. The van der Waals surface area contributed by atoms with E-state index in [-0.39, 0.29) is 5.69 Å². The quantitative estimate of drug-likeness (QED) is 0.814. The SMILES string of the molecule is O=c1[nH]c2cc(Br)c(C(O)CC3CC3)cc2[nH]1. The molecule has 0 spiro atoms. The summed E-state index contributed by atoms with van der Waals surface area (Å²) in [7, 11) is 0. The van der Waals surface area contributed by atoms with Gasteiger partial charge in [0.05, 0.1) is 17.1 Å². The van der Waals surface area contributed by atoms with Gasteiger partial charge in [-0.15, -0.1) is 0 Å². The summed E-state index contributed by atoms with van der Waals surface area (Å²) in [6.07, 6.45) is 2.79. The number of aromatic nitrogens is 2. The Labute approximate surface area is 106 Å². The maximum atomic E-state index is 11.2. The predicted molar refractivity (Wildman–Crippen MR) is 68.9 cm³/mol. The van der Waals surface area contributed by atoms with Gasteiger partial charge in [-0.1, -0.05) is 28.8 Å². The molecule has 3 rings (SSSR count). The fourth-order valence-corrected chi connectivity index (χ4v) is 2.73. The topological polar surface area (TPSA) is 68.9 Å². The van der Waals surface area contributed by atoms with Gasteiger partial charge in [-0.05, 0) is 30.0 Å². The van der Waals surface area contributed by atoms with E-state index in [9.17, 15) is 9.90 Å². The first kappa shape index (κ1) is 11.0. The summed E-state index contributed by atoms with van der Waals surface area (Å²) in [6, 6.07) is 3.67. The van der Waals surface area contributed by atoms with E-state index in [0.29, 0.717) is 5.92 Å². The first-order valence-corrected chi connectivity index (χ1v) is 6.52. The third-order valence-electron chi connectivity index (χ3n) is 3.25. The van der Waals surface area contributed by atoms with Crippen LogP contribution in [-0.2, 0) is 0 Å². The van der Waals surface area contributed by atoms with Crippen LogP contribution in [0, 0.1) is 5.92 Å². The Morgan fingerprint density at radius 1 is 1.35 bits per heavy atom. The van der Waals surface area contributed by atoms with E-state index in [0.717, 1.165) is 27.5 Å². The summed E-state index contributed by atoms with van der Waals surface area (Å²) in [6.45, 7) is 0. The number of halogens is 1. The number of aromatic amines is 2. The molecule has 17 heavy (non-hydrogen) atoms. The molecule has 1 aromatic heterocycles. The lowest BCUT2D eigenvalue weighted by molar-refractivity contribution is 0.160. The minimum absolute atomic E-state index is 0.222. The summed E-state index contributed by atoms with van der Waals surface area (Å²) in [5, 5.41) is 10.1. The minimum atomic E-state index is -0.459. The van der Waals surface area contributed by atoms with Crippen molar-refractivity contribution in [1.82, 2.24) is 9.97 Å². The van der Waals surface area contributed by atoms with Gasteiger partial charge in [0.2, 0.25) is 0 Å². The molecule has 1 fully saturated rings. The molecule has 1 saturated carbocycles. The van der Waals surface area contributed by atoms with Gasteiger partial charge in [0.1, 0.15) is 0 Å². The number of aliphatic hydroxyl groups is 1. The van der Waals surface area contributed by atoms with E-state index in [2.05, 4.69) is 25.9 Å². The monoisotopic (exact) mass is 296 g/mol. The highest BCUT2D eigenvalue weighted by Crippen LogP contribution is 2.39. The number of fused-ring (bicyclic) bond motifs is 1. The van der Waals surface area contributed by atoms with Crippen molar-refractivity contribution in [2.75, 3.05) is 0 Å². The van der Waals surface area contributed by atoms with Crippen LogP contribution in [0.5, 0.6) is 0 Å². The third kappa shape index (κ3) is 2.17. The van der Waals surface area contributed by atoms with Crippen molar-refractivity contribution in [2.45, 2.75) is 25.4 Å². The summed E-state index contributed by atoms with van der Waals surface area (Å²) in [5.74, 6) is 0.665. The number of benzene rings is 1. The minimum Gasteiger partial charge on any atom is -0.388 e. The van der Waals surface area contributed by atoms with Gasteiger partial charge >= 0.3 is 5.69 Å². The van der Waals surface area contributed by atoms with Crippen LogP contribution in [0.2, 0.25) is 0 Å². The molecule has 2 aromatic rings. The zero-order chi connectivity index (χ0) is 12.0. The Bertz CT molecular complexity index is 612. The first-order valence-electron chi connectivity index (χ1n) is 5.73. The van der Waals surface area contributed by atoms with Crippen molar-refractivity contribution < 1.29 is 5.11 Å². The Morgan fingerprint density at radius 2 is 2.00 bits per heavy atom. The predicted octanol–water partition coefficient (Wildman–Crippen LogP) is 2.45. The van der Waals surface area contributed by atoms with Crippen molar-refractivity contribution in [3.63, 3.8) is 0 Å². The molecule has 4 nitrogen and oxygen atoms in total. The number of aliphatic hydroxyl groups excluding tert-OH is 1. The lowest BCUT2D eigenvalue weighted by Crippen LogP contribution is -2.00. The third-order valence-corrected chi connectivity index (χ3v) is 3.93. The zero-order valence-electron chi connectivity index (χ0n) is 9.16. The Balaban J connectivity index is 2.01. The number of hydrogen-bond acceptors (Lipinski definition) is 2. The maximum absolute atomic E-state index is 11.2. The van der Waals surface area contributed by atoms with E-state index in [4.69, 9.17) is 0 Å². The second-order valence-electron chi connectivity index (χ2n) is 4.69. The Morgan fingerprint density at radius 3 is 2.65 bits per heavy atom. The van der Waals surface area contributed by atoms with Crippen LogP contribution >= 0.6 is 15.9 Å². The average Bonchev–Trinajstić information content (AvgIpc) is 2.98. The molecule has 1 unspecified atom stereocenters. The summed E-state index contributed by atoms with van der Waals surface area (Å²) in [4.78, 5) is 16.6. The van der Waals surface area contributed by atoms with Gasteiger partial charge < -0.3 is 15.1 Å². The summed E-state index contributed by atoms with van der Waals surface area (Å²) < 4.78 is 0.841. The first-order chi connectivity index (χ1) is 8.13. The van der Waals surface area contributed by atoms with Gasteiger partial charge in [-0.2, -0.15) is 0 Å². The normalized spacial score (nSPS) is 17.5. The van der Waals surface area contributed by atoms with Gasteiger partial charge in [-0.25, -0.2) is 4.79 Å². The molecule has 3 N–H and O–H groups in total. The highest BCUT2D eigenvalue weighted by molar-refractivity contribution is 9.10. The molecule has 1 aliphatic rings. The van der Waals surface area contributed by atoms with Crippen molar-refractivity contribution in [3.05, 3.63) is 32.7 Å². The van der Waals surface area contributed by atoms with Gasteiger partial charge in [0, 0.05) is 4.47 Å². The fraction of sp³-hybridized carbons (Fsp3) is 0.417. The largest absolute Gasteiger partial charge is 0.388 e.